The van der Waals surface area contributed by atoms with E-state index in [4.69, 9.17) is 5.73 Å². The number of nitrogens with two attached hydrogens (primary N) is 1. The summed E-state index contributed by atoms with van der Waals surface area (Å²) in [5.74, 6) is 0. The van der Waals surface area contributed by atoms with E-state index in [2.05, 4.69) is 16.8 Å². The van der Waals surface area contributed by atoms with Crippen LogP contribution in [0.2, 0.25) is 0 Å². The molecule has 0 unspecified atom stereocenters. The van der Waals surface area contributed by atoms with Gasteiger partial charge in [-0.15, -0.1) is 5.10 Å². The molecular formula is C8H13N3. The van der Waals surface area contributed by atoms with Gasteiger partial charge in [-0.25, -0.2) is 0 Å². The number of hydrogen-bond acceptors (Lipinski definition) is 3. The molecule has 0 saturated heterocycles. The van der Waals surface area contributed by atoms with Crippen molar-refractivity contribution in [3.8, 4) is 0 Å². The van der Waals surface area contributed by atoms with Gasteiger partial charge in [0.2, 0.25) is 0 Å². The van der Waals surface area contributed by atoms with Crippen LogP contribution in [0, 0.1) is 0 Å². The van der Waals surface area contributed by atoms with Crippen LogP contribution in [-0.4, -0.2) is 10.2 Å². The lowest BCUT2D eigenvalue weighted by molar-refractivity contribution is 1.02. The first kappa shape index (κ1) is 9.62. The van der Waals surface area contributed by atoms with Crippen molar-refractivity contribution < 1.29 is 0 Å². The molecule has 1 aromatic rings. The van der Waals surface area contributed by atoms with E-state index in [1.54, 1.807) is 18.3 Å². The Balaban J connectivity index is 0.000000461. The van der Waals surface area contributed by atoms with E-state index < -0.39 is 0 Å². The predicted molar refractivity (Wildman–Crippen MR) is 47.9 cm³/mol. The Bertz CT molecular complexity index is 220. The fourth-order valence-electron chi connectivity index (χ4n) is 0.511. The molecule has 60 valence electrons. The third-order valence-corrected chi connectivity index (χ3v) is 0.975. The zero-order valence-corrected chi connectivity index (χ0v) is 6.91. The molecule has 1 rings (SSSR count). The van der Waals surface area contributed by atoms with Crippen molar-refractivity contribution in [1.29, 1.82) is 0 Å². The van der Waals surface area contributed by atoms with Gasteiger partial charge in [0.15, 0.2) is 0 Å². The maximum Gasteiger partial charge on any atom is 0.108 e. The van der Waals surface area contributed by atoms with Gasteiger partial charge >= 0.3 is 0 Å². The van der Waals surface area contributed by atoms with E-state index in [1.165, 1.54) is 0 Å². The summed E-state index contributed by atoms with van der Waals surface area (Å²) < 4.78 is 0. The van der Waals surface area contributed by atoms with E-state index in [1.807, 2.05) is 13.8 Å². The van der Waals surface area contributed by atoms with Crippen LogP contribution >= 0.6 is 0 Å². The van der Waals surface area contributed by atoms with Gasteiger partial charge in [-0.1, -0.05) is 20.4 Å². The van der Waals surface area contributed by atoms with Crippen LogP contribution in [0.25, 0.3) is 6.08 Å². The standard InChI is InChI=1S/C6H7N3.C2H6/c1-2-6-5(7)3-4-8-9-6;1-2/h2-4H,1H2,(H2,7,8);1-2H3. The molecule has 0 spiro atoms. The van der Waals surface area contributed by atoms with Crippen molar-refractivity contribution in [3.05, 3.63) is 24.5 Å². The molecule has 0 fully saturated rings. The van der Waals surface area contributed by atoms with Gasteiger partial charge in [-0.05, 0) is 12.1 Å². The molecule has 3 nitrogen and oxygen atoms in total. The molecule has 0 saturated carbocycles. The molecule has 0 aliphatic heterocycles. The van der Waals surface area contributed by atoms with Crippen LogP contribution in [-0.2, 0) is 0 Å². The Hall–Kier alpha value is -1.38. The minimum Gasteiger partial charge on any atom is -0.397 e. The lowest BCUT2D eigenvalue weighted by atomic mass is 10.3. The molecule has 1 heterocycles. The van der Waals surface area contributed by atoms with Gasteiger partial charge < -0.3 is 5.73 Å². The molecule has 0 bridgehead atoms. The monoisotopic (exact) mass is 151 g/mol. The van der Waals surface area contributed by atoms with Crippen molar-refractivity contribution in [2.24, 2.45) is 0 Å². The van der Waals surface area contributed by atoms with E-state index in [-0.39, 0.29) is 0 Å². The highest BCUT2D eigenvalue weighted by Crippen LogP contribution is 2.04. The van der Waals surface area contributed by atoms with E-state index >= 15 is 0 Å². The summed E-state index contributed by atoms with van der Waals surface area (Å²) in [6.07, 6.45) is 3.12. The molecule has 0 aromatic carbocycles. The SMILES string of the molecule is C=Cc1nnccc1N.CC. The van der Waals surface area contributed by atoms with Crippen molar-refractivity contribution in [2.45, 2.75) is 13.8 Å². The van der Waals surface area contributed by atoms with Crippen molar-refractivity contribution >= 4 is 11.8 Å². The van der Waals surface area contributed by atoms with Crippen molar-refractivity contribution in [3.63, 3.8) is 0 Å². The average Bonchev–Trinajstić information content (AvgIpc) is 2.09. The highest BCUT2D eigenvalue weighted by Gasteiger charge is 1.90. The second-order valence-corrected chi connectivity index (χ2v) is 1.58. The summed E-state index contributed by atoms with van der Waals surface area (Å²) in [6, 6.07) is 1.68. The summed E-state index contributed by atoms with van der Waals surface area (Å²) in [5.41, 5.74) is 6.70. The quantitative estimate of drug-likeness (QED) is 0.665. The number of aromatic nitrogens is 2. The first-order valence-electron chi connectivity index (χ1n) is 3.54. The molecule has 0 radical (unpaired) electrons. The number of rotatable bonds is 1. The summed E-state index contributed by atoms with van der Waals surface area (Å²) in [7, 11) is 0. The van der Waals surface area contributed by atoms with Crippen LogP contribution in [0.3, 0.4) is 0 Å². The molecule has 2 N–H and O–H groups in total. The first-order chi connectivity index (χ1) is 5.34. The number of nitrogen functional groups attached to an aromatic ring is 1. The Morgan fingerprint density at radius 3 is 2.55 bits per heavy atom. The van der Waals surface area contributed by atoms with Gasteiger partial charge in [-0.2, -0.15) is 5.10 Å². The second-order valence-electron chi connectivity index (χ2n) is 1.58. The van der Waals surface area contributed by atoms with E-state index in [0.717, 1.165) is 0 Å². The minimum absolute atomic E-state index is 0.611. The fraction of sp³-hybridized carbons (Fsp3) is 0.250. The van der Waals surface area contributed by atoms with Crippen molar-refractivity contribution in [2.75, 3.05) is 5.73 Å². The highest BCUT2D eigenvalue weighted by molar-refractivity contribution is 5.57. The van der Waals surface area contributed by atoms with Crippen molar-refractivity contribution in [1.82, 2.24) is 10.2 Å². The third-order valence-electron chi connectivity index (χ3n) is 0.975. The lowest BCUT2D eigenvalue weighted by Crippen LogP contribution is -1.92. The minimum atomic E-state index is 0.611. The van der Waals surface area contributed by atoms with Gasteiger partial charge in [0.05, 0.1) is 11.9 Å². The second kappa shape index (κ2) is 5.41. The largest absolute Gasteiger partial charge is 0.397 e. The molecule has 11 heavy (non-hydrogen) atoms. The third kappa shape index (κ3) is 2.80. The molecule has 3 heteroatoms. The van der Waals surface area contributed by atoms with Crippen LogP contribution in [0.1, 0.15) is 19.5 Å². The summed E-state index contributed by atoms with van der Waals surface area (Å²) in [6.45, 7) is 7.51. The van der Waals surface area contributed by atoms with E-state index in [0.29, 0.717) is 11.4 Å². The van der Waals surface area contributed by atoms with Gasteiger partial charge in [0.25, 0.3) is 0 Å². The Morgan fingerprint density at radius 1 is 1.55 bits per heavy atom. The molecular weight excluding hydrogens is 138 g/mol. The smallest absolute Gasteiger partial charge is 0.108 e. The maximum atomic E-state index is 5.46. The molecule has 0 aliphatic carbocycles. The molecule has 1 aromatic heterocycles. The number of nitrogens with zero attached hydrogens (tertiary/aromatic N) is 2. The molecule has 0 atom stereocenters. The molecule has 0 amide bonds. The van der Waals surface area contributed by atoms with Gasteiger partial charge in [-0.3, -0.25) is 0 Å². The van der Waals surface area contributed by atoms with Crippen LogP contribution in [0.5, 0.6) is 0 Å². The zero-order chi connectivity index (χ0) is 8.69. The van der Waals surface area contributed by atoms with Gasteiger partial charge in [0.1, 0.15) is 5.69 Å². The highest BCUT2D eigenvalue weighted by atomic mass is 15.1. The summed E-state index contributed by atoms with van der Waals surface area (Å²) >= 11 is 0. The maximum absolute atomic E-state index is 5.46. The predicted octanol–water partition coefficient (Wildman–Crippen LogP) is 1.73. The van der Waals surface area contributed by atoms with E-state index in [9.17, 15) is 0 Å². The summed E-state index contributed by atoms with van der Waals surface area (Å²) in [5, 5.41) is 7.32. The van der Waals surface area contributed by atoms with Crippen LogP contribution in [0.15, 0.2) is 18.8 Å². The fourth-order valence-corrected chi connectivity index (χ4v) is 0.511. The topological polar surface area (TPSA) is 51.8 Å². The Labute approximate surface area is 67.0 Å². The summed E-state index contributed by atoms with van der Waals surface area (Å²) in [4.78, 5) is 0. The number of hydrogen-bond donors (Lipinski definition) is 1. The lowest BCUT2D eigenvalue weighted by Gasteiger charge is -1.92. The van der Waals surface area contributed by atoms with Gasteiger partial charge in [0, 0.05) is 0 Å². The zero-order valence-electron chi connectivity index (χ0n) is 6.91. The van der Waals surface area contributed by atoms with Crippen LogP contribution < -0.4 is 5.73 Å². The average molecular weight is 151 g/mol. The van der Waals surface area contributed by atoms with Crippen LogP contribution in [0.4, 0.5) is 5.69 Å². The Kier molecular flexibility index (Phi) is 4.73. The first-order valence-corrected chi connectivity index (χ1v) is 3.54. The normalized spacial score (nSPS) is 7.82. The molecule has 0 aliphatic rings. The Morgan fingerprint density at radius 2 is 2.18 bits per heavy atom. The number of anilines is 1.